The number of hydrogen-bond acceptors (Lipinski definition) is 5. The number of ether oxygens (including phenoxy) is 1. The van der Waals surface area contributed by atoms with Crippen LogP contribution in [0.2, 0.25) is 0 Å². The van der Waals surface area contributed by atoms with Gasteiger partial charge in [0.2, 0.25) is 0 Å². The number of carbonyl (C=O) groups excluding carboxylic acids is 2. The van der Waals surface area contributed by atoms with E-state index in [0.29, 0.717) is 18.2 Å². The van der Waals surface area contributed by atoms with E-state index in [4.69, 9.17) is 0 Å². The maximum Gasteiger partial charge on any atom is 0.309 e. The van der Waals surface area contributed by atoms with Gasteiger partial charge in [-0.1, -0.05) is 36.4 Å². The minimum atomic E-state index is -0.661. The van der Waals surface area contributed by atoms with Gasteiger partial charge < -0.3 is 20.5 Å². The van der Waals surface area contributed by atoms with Gasteiger partial charge in [0.15, 0.2) is 0 Å². The third kappa shape index (κ3) is 5.41. The SMILES string of the molecule is COC(=O)Cc1ccc(C(=O)NC[C@@H](O)CNC2Cc3ccccc3C2)cc1. The maximum absolute atomic E-state index is 12.2. The summed E-state index contributed by atoms with van der Waals surface area (Å²) < 4.78 is 4.62. The van der Waals surface area contributed by atoms with Crippen molar-refractivity contribution in [2.75, 3.05) is 20.2 Å². The number of rotatable bonds is 8. The Hall–Kier alpha value is -2.70. The van der Waals surface area contributed by atoms with Crippen molar-refractivity contribution in [2.24, 2.45) is 0 Å². The summed E-state index contributed by atoms with van der Waals surface area (Å²) >= 11 is 0. The molecule has 2 aromatic carbocycles. The summed E-state index contributed by atoms with van der Waals surface area (Å²) in [6, 6.07) is 15.5. The number of methoxy groups -OCH3 is 1. The van der Waals surface area contributed by atoms with Crippen molar-refractivity contribution in [3.8, 4) is 0 Å². The molecule has 0 radical (unpaired) electrons. The highest BCUT2D eigenvalue weighted by Crippen LogP contribution is 2.21. The second kappa shape index (κ2) is 9.48. The van der Waals surface area contributed by atoms with Gasteiger partial charge in [0.1, 0.15) is 0 Å². The standard InChI is InChI=1S/C22H26N2O4/c1-28-21(26)10-15-6-8-16(9-7-15)22(27)24-14-20(25)13-23-19-11-17-4-2-3-5-18(17)12-19/h2-9,19-20,23,25H,10-14H2,1H3,(H,24,27)/t20-/m0/s1. The van der Waals surface area contributed by atoms with Crippen LogP contribution in [0.25, 0.3) is 0 Å². The van der Waals surface area contributed by atoms with Crippen molar-refractivity contribution < 1.29 is 19.4 Å². The minimum Gasteiger partial charge on any atom is -0.469 e. The first-order chi connectivity index (χ1) is 13.5. The van der Waals surface area contributed by atoms with E-state index < -0.39 is 6.10 Å². The number of fused-ring (bicyclic) bond motifs is 1. The summed E-state index contributed by atoms with van der Waals surface area (Å²) in [5.74, 6) is -0.574. The predicted molar refractivity (Wildman–Crippen MR) is 106 cm³/mol. The van der Waals surface area contributed by atoms with Crippen molar-refractivity contribution in [3.63, 3.8) is 0 Å². The number of amides is 1. The van der Waals surface area contributed by atoms with Gasteiger partial charge in [-0.2, -0.15) is 0 Å². The van der Waals surface area contributed by atoms with Crippen LogP contribution >= 0.6 is 0 Å². The molecule has 1 aliphatic rings. The van der Waals surface area contributed by atoms with Gasteiger partial charge in [0, 0.05) is 24.7 Å². The highest BCUT2D eigenvalue weighted by molar-refractivity contribution is 5.94. The van der Waals surface area contributed by atoms with Crippen LogP contribution < -0.4 is 10.6 Å². The number of hydrogen-bond donors (Lipinski definition) is 3. The van der Waals surface area contributed by atoms with Gasteiger partial charge in [-0.15, -0.1) is 0 Å². The zero-order valence-corrected chi connectivity index (χ0v) is 16.0. The fourth-order valence-electron chi connectivity index (χ4n) is 3.40. The van der Waals surface area contributed by atoms with E-state index in [-0.39, 0.29) is 24.8 Å². The second-order valence-electron chi connectivity index (χ2n) is 7.10. The summed E-state index contributed by atoms with van der Waals surface area (Å²) in [5, 5.41) is 16.3. The quantitative estimate of drug-likeness (QED) is 0.598. The molecule has 0 spiro atoms. The average Bonchev–Trinajstić information content (AvgIpc) is 3.14. The van der Waals surface area contributed by atoms with Crippen LogP contribution in [0.4, 0.5) is 0 Å². The molecule has 28 heavy (non-hydrogen) atoms. The summed E-state index contributed by atoms with van der Waals surface area (Å²) in [5.41, 5.74) is 3.99. The molecule has 0 fully saturated rings. The van der Waals surface area contributed by atoms with Crippen molar-refractivity contribution in [1.82, 2.24) is 10.6 Å². The fourth-order valence-corrected chi connectivity index (χ4v) is 3.40. The summed E-state index contributed by atoms with van der Waals surface area (Å²) in [7, 11) is 1.34. The van der Waals surface area contributed by atoms with E-state index >= 15 is 0 Å². The normalized spacial score (nSPS) is 14.4. The molecule has 0 heterocycles. The molecule has 0 aliphatic heterocycles. The van der Waals surface area contributed by atoms with E-state index in [1.54, 1.807) is 24.3 Å². The van der Waals surface area contributed by atoms with Crippen LogP contribution in [0, 0.1) is 0 Å². The Kier molecular flexibility index (Phi) is 6.79. The number of aliphatic hydroxyl groups excluding tert-OH is 1. The lowest BCUT2D eigenvalue weighted by Gasteiger charge is -2.17. The smallest absolute Gasteiger partial charge is 0.309 e. The molecule has 0 saturated carbocycles. The predicted octanol–water partition coefficient (Wildman–Crippen LogP) is 1.25. The third-order valence-electron chi connectivity index (χ3n) is 4.98. The molecule has 0 unspecified atom stereocenters. The number of carbonyl (C=O) groups is 2. The van der Waals surface area contributed by atoms with Gasteiger partial charge in [-0.3, -0.25) is 9.59 Å². The van der Waals surface area contributed by atoms with E-state index in [9.17, 15) is 14.7 Å². The number of esters is 1. The lowest BCUT2D eigenvalue weighted by molar-refractivity contribution is -0.139. The molecular weight excluding hydrogens is 356 g/mol. The second-order valence-corrected chi connectivity index (χ2v) is 7.10. The van der Waals surface area contributed by atoms with Gasteiger partial charge in [-0.25, -0.2) is 0 Å². The van der Waals surface area contributed by atoms with E-state index in [0.717, 1.165) is 18.4 Å². The first kappa shape index (κ1) is 20.0. The largest absolute Gasteiger partial charge is 0.469 e. The Morgan fingerprint density at radius 1 is 1.07 bits per heavy atom. The van der Waals surface area contributed by atoms with Crippen LogP contribution in [0.1, 0.15) is 27.0 Å². The highest BCUT2D eigenvalue weighted by atomic mass is 16.5. The lowest BCUT2D eigenvalue weighted by Crippen LogP contribution is -2.41. The molecule has 6 nitrogen and oxygen atoms in total. The van der Waals surface area contributed by atoms with Gasteiger partial charge >= 0.3 is 5.97 Å². The minimum absolute atomic E-state index is 0.174. The van der Waals surface area contributed by atoms with Crippen LogP contribution in [-0.2, 0) is 28.8 Å². The Morgan fingerprint density at radius 3 is 2.32 bits per heavy atom. The Bertz CT molecular complexity index is 795. The van der Waals surface area contributed by atoms with Crippen LogP contribution in [0.15, 0.2) is 48.5 Å². The Balaban J connectivity index is 1.39. The number of nitrogens with one attached hydrogen (secondary N) is 2. The monoisotopic (exact) mass is 382 g/mol. The zero-order valence-electron chi connectivity index (χ0n) is 16.0. The molecule has 6 heteroatoms. The van der Waals surface area contributed by atoms with Crippen LogP contribution in [-0.4, -0.2) is 49.3 Å². The molecule has 3 N–H and O–H groups in total. The van der Waals surface area contributed by atoms with Crippen molar-refractivity contribution >= 4 is 11.9 Å². The molecule has 0 saturated heterocycles. The van der Waals surface area contributed by atoms with E-state index in [2.05, 4.69) is 27.5 Å². The molecule has 1 aliphatic carbocycles. The topological polar surface area (TPSA) is 87.7 Å². The zero-order chi connectivity index (χ0) is 19.9. The van der Waals surface area contributed by atoms with Gasteiger partial charge in [0.25, 0.3) is 5.91 Å². The van der Waals surface area contributed by atoms with E-state index in [1.807, 2.05) is 12.1 Å². The fraction of sp³-hybridized carbons (Fsp3) is 0.364. The molecular formula is C22H26N2O4. The molecule has 3 rings (SSSR count). The van der Waals surface area contributed by atoms with Gasteiger partial charge in [0.05, 0.1) is 19.6 Å². The number of aliphatic hydroxyl groups is 1. The van der Waals surface area contributed by atoms with Crippen LogP contribution in [0.5, 0.6) is 0 Å². The van der Waals surface area contributed by atoms with Crippen LogP contribution in [0.3, 0.4) is 0 Å². The molecule has 0 aromatic heterocycles. The lowest BCUT2D eigenvalue weighted by atomic mass is 10.1. The van der Waals surface area contributed by atoms with Crippen molar-refractivity contribution in [2.45, 2.75) is 31.4 Å². The molecule has 148 valence electrons. The van der Waals surface area contributed by atoms with Crippen molar-refractivity contribution in [1.29, 1.82) is 0 Å². The summed E-state index contributed by atoms with van der Waals surface area (Å²) in [6.45, 7) is 0.604. The van der Waals surface area contributed by atoms with Gasteiger partial charge in [-0.05, 0) is 41.7 Å². The van der Waals surface area contributed by atoms with E-state index in [1.165, 1.54) is 18.2 Å². The molecule has 1 atom stereocenters. The Labute approximate surface area is 164 Å². The average molecular weight is 382 g/mol. The highest BCUT2D eigenvalue weighted by Gasteiger charge is 2.21. The summed E-state index contributed by atoms with van der Waals surface area (Å²) in [6.07, 6.45) is 1.44. The molecule has 0 bridgehead atoms. The first-order valence-electron chi connectivity index (χ1n) is 9.47. The van der Waals surface area contributed by atoms with Crippen molar-refractivity contribution in [3.05, 3.63) is 70.8 Å². The summed E-state index contributed by atoms with van der Waals surface area (Å²) in [4.78, 5) is 23.5. The molecule has 1 amide bonds. The maximum atomic E-state index is 12.2. The number of benzene rings is 2. The Morgan fingerprint density at radius 2 is 1.71 bits per heavy atom. The molecule has 2 aromatic rings. The first-order valence-corrected chi connectivity index (χ1v) is 9.47. The third-order valence-corrected chi connectivity index (χ3v) is 4.98.